The normalized spacial score (nSPS) is 12.2. The maximum absolute atomic E-state index is 13.2. The molecule has 2 aromatic carbocycles. The molecule has 0 heterocycles. The number of nitrogens with one attached hydrogen (secondary N) is 1. The smallest absolute Gasteiger partial charge is 0.165 e. The number of aromatic hydroxyl groups is 1. The van der Waals surface area contributed by atoms with Gasteiger partial charge in [0.15, 0.2) is 11.6 Å². The number of rotatable bonds is 5. The average molecular weight is 275 g/mol. The summed E-state index contributed by atoms with van der Waals surface area (Å²) in [6.07, 6.45) is 0. The molecule has 0 aliphatic heterocycles. The molecule has 2 rings (SSSR count). The van der Waals surface area contributed by atoms with Gasteiger partial charge in [-0.2, -0.15) is 0 Å². The first kappa shape index (κ1) is 14.3. The molecule has 0 aromatic heterocycles. The lowest BCUT2D eigenvalue weighted by Gasteiger charge is -2.15. The Morgan fingerprint density at radius 1 is 1.20 bits per heavy atom. The zero-order valence-electron chi connectivity index (χ0n) is 11.6. The third-order valence-electron chi connectivity index (χ3n) is 3.24. The number of phenolic OH excluding ortho intramolecular Hbond substituents is 1. The number of phenols is 1. The van der Waals surface area contributed by atoms with E-state index in [0.29, 0.717) is 6.54 Å². The number of hydrogen-bond acceptors (Lipinski definition) is 3. The van der Waals surface area contributed by atoms with Gasteiger partial charge in [0.2, 0.25) is 0 Å². The predicted octanol–water partition coefficient (Wildman–Crippen LogP) is 3.39. The fourth-order valence-electron chi connectivity index (χ4n) is 1.94. The van der Waals surface area contributed by atoms with Crippen molar-refractivity contribution >= 4 is 0 Å². The van der Waals surface area contributed by atoms with Crippen LogP contribution in [-0.4, -0.2) is 12.2 Å². The first-order valence-electron chi connectivity index (χ1n) is 6.45. The summed E-state index contributed by atoms with van der Waals surface area (Å²) in [5.41, 5.74) is 1.92. The third-order valence-corrected chi connectivity index (χ3v) is 3.24. The van der Waals surface area contributed by atoms with E-state index >= 15 is 0 Å². The summed E-state index contributed by atoms with van der Waals surface area (Å²) in [7, 11) is 1.63. The van der Waals surface area contributed by atoms with E-state index < -0.39 is 5.82 Å². The van der Waals surface area contributed by atoms with Crippen molar-refractivity contribution in [1.82, 2.24) is 5.32 Å². The second kappa shape index (κ2) is 6.39. The van der Waals surface area contributed by atoms with Gasteiger partial charge in [-0.3, -0.25) is 0 Å². The van der Waals surface area contributed by atoms with Crippen LogP contribution in [-0.2, 0) is 6.54 Å². The summed E-state index contributed by atoms with van der Waals surface area (Å²) < 4.78 is 18.3. The Morgan fingerprint density at radius 2 is 1.90 bits per heavy atom. The highest BCUT2D eigenvalue weighted by atomic mass is 19.1. The molecular formula is C16H18FNO2. The molecule has 0 unspecified atom stereocenters. The van der Waals surface area contributed by atoms with Crippen LogP contribution in [0, 0.1) is 5.82 Å². The third kappa shape index (κ3) is 3.48. The van der Waals surface area contributed by atoms with E-state index in [1.807, 2.05) is 31.2 Å². The minimum atomic E-state index is -0.596. The Hall–Kier alpha value is -2.07. The molecule has 0 amide bonds. The molecule has 4 heteroatoms. The van der Waals surface area contributed by atoms with Crippen molar-refractivity contribution in [1.29, 1.82) is 0 Å². The van der Waals surface area contributed by atoms with Crippen molar-refractivity contribution < 1.29 is 14.2 Å². The monoisotopic (exact) mass is 275 g/mol. The standard InChI is InChI=1S/C16H18FNO2/c1-11(13-4-6-14(20-2)7-5-13)18-10-12-3-8-16(19)15(17)9-12/h3-9,11,18-19H,10H2,1-2H3/t11-/m0/s1. The van der Waals surface area contributed by atoms with Gasteiger partial charge in [-0.05, 0) is 42.3 Å². The largest absolute Gasteiger partial charge is 0.505 e. The molecule has 0 saturated heterocycles. The van der Waals surface area contributed by atoms with E-state index in [-0.39, 0.29) is 11.8 Å². The molecule has 1 atom stereocenters. The Morgan fingerprint density at radius 3 is 2.50 bits per heavy atom. The van der Waals surface area contributed by atoms with Gasteiger partial charge in [0.25, 0.3) is 0 Å². The lowest BCUT2D eigenvalue weighted by atomic mass is 10.1. The maximum atomic E-state index is 13.2. The van der Waals surface area contributed by atoms with Gasteiger partial charge in [-0.15, -0.1) is 0 Å². The number of benzene rings is 2. The minimum absolute atomic E-state index is 0.137. The van der Waals surface area contributed by atoms with Crippen molar-refractivity contribution in [3.8, 4) is 11.5 Å². The van der Waals surface area contributed by atoms with Gasteiger partial charge >= 0.3 is 0 Å². The number of methoxy groups -OCH3 is 1. The zero-order chi connectivity index (χ0) is 14.5. The predicted molar refractivity (Wildman–Crippen MR) is 76.3 cm³/mol. The van der Waals surface area contributed by atoms with Crippen LogP contribution in [0.15, 0.2) is 42.5 Å². The van der Waals surface area contributed by atoms with Crippen LogP contribution in [0.2, 0.25) is 0 Å². The van der Waals surface area contributed by atoms with Gasteiger partial charge < -0.3 is 15.2 Å². The van der Waals surface area contributed by atoms with E-state index in [1.54, 1.807) is 13.2 Å². The highest BCUT2D eigenvalue weighted by molar-refractivity contribution is 5.30. The second-order valence-electron chi connectivity index (χ2n) is 4.66. The van der Waals surface area contributed by atoms with Gasteiger partial charge in [-0.1, -0.05) is 18.2 Å². The van der Waals surface area contributed by atoms with E-state index in [0.717, 1.165) is 16.9 Å². The summed E-state index contributed by atoms with van der Waals surface area (Å²) in [5.74, 6) is -0.0973. The summed E-state index contributed by atoms with van der Waals surface area (Å²) in [5, 5.41) is 12.5. The summed E-state index contributed by atoms with van der Waals surface area (Å²) in [6, 6.07) is 12.3. The highest BCUT2D eigenvalue weighted by Crippen LogP contribution is 2.19. The molecule has 0 saturated carbocycles. The number of ether oxygens (including phenoxy) is 1. The van der Waals surface area contributed by atoms with Crippen LogP contribution >= 0.6 is 0 Å². The van der Waals surface area contributed by atoms with Crippen molar-refractivity contribution in [2.24, 2.45) is 0 Å². The zero-order valence-corrected chi connectivity index (χ0v) is 11.6. The Labute approximate surface area is 118 Å². The highest BCUT2D eigenvalue weighted by Gasteiger charge is 2.06. The van der Waals surface area contributed by atoms with Crippen LogP contribution in [0.25, 0.3) is 0 Å². The van der Waals surface area contributed by atoms with Crippen LogP contribution in [0.4, 0.5) is 4.39 Å². The molecule has 0 fully saturated rings. The SMILES string of the molecule is COc1ccc([C@H](C)NCc2ccc(O)c(F)c2)cc1. The van der Waals surface area contributed by atoms with E-state index in [4.69, 9.17) is 9.84 Å². The van der Waals surface area contributed by atoms with Crippen molar-refractivity contribution in [3.05, 3.63) is 59.4 Å². The van der Waals surface area contributed by atoms with Gasteiger partial charge in [0, 0.05) is 12.6 Å². The molecule has 106 valence electrons. The first-order valence-corrected chi connectivity index (χ1v) is 6.45. The van der Waals surface area contributed by atoms with Crippen molar-refractivity contribution in [2.45, 2.75) is 19.5 Å². The summed E-state index contributed by atoms with van der Waals surface area (Å²) in [6.45, 7) is 2.57. The van der Waals surface area contributed by atoms with Gasteiger partial charge in [-0.25, -0.2) is 4.39 Å². The quantitative estimate of drug-likeness (QED) is 0.879. The Kier molecular flexibility index (Phi) is 4.58. The Balaban J connectivity index is 1.96. The lowest BCUT2D eigenvalue weighted by Crippen LogP contribution is -2.18. The van der Waals surface area contributed by atoms with Gasteiger partial charge in [0.05, 0.1) is 7.11 Å². The van der Waals surface area contributed by atoms with Crippen LogP contribution in [0.5, 0.6) is 11.5 Å². The molecule has 2 aromatic rings. The number of hydrogen-bond donors (Lipinski definition) is 2. The lowest BCUT2D eigenvalue weighted by molar-refractivity contribution is 0.414. The fourth-order valence-corrected chi connectivity index (χ4v) is 1.94. The van der Waals surface area contributed by atoms with E-state index in [2.05, 4.69) is 5.32 Å². The maximum Gasteiger partial charge on any atom is 0.165 e. The molecule has 2 N–H and O–H groups in total. The molecule has 0 bridgehead atoms. The molecule has 0 spiro atoms. The van der Waals surface area contributed by atoms with Crippen molar-refractivity contribution in [2.75, 3.05) is 7.11 Å². The van der Waals surface area contributed by atoms with Crippen molar-refractivity contribution in [3.63, 3.8) is 0 Å². The summed E-state index contributed by atoms with van der Waals surface area (Å²) in [4.78, 5) is 0. The Bertz CT molecular complexity index is 569. The summed E-state index contributed by atoms with van der Waals surface area (Å²) >= 11 is 0. The minimum Gasteiger partial charge on any atom is -0.505 e. The van der Waals surface area contributed by atoms with Crippen LogP contribution in [0.1, 0.15) is 24.1 Å². The van der Waals surface area contributed by atoms with Crippen LogP contribution in [0.3, 0.4) is 0 Å². The molecule has 20 heavy (non-hydrogen) atoms. The van der Waals surface area contributed by atoms with Gasteiger partial charge in [0.1, 0.15) is 5.75 Å². The number of halogens is 1. The van der Waals surface area contributed by atoms with E-state index in [1.165, 1.54) is 12.1 Å². The second-order valence-corrected chi connectivity index (χ2v) is 4.66. The topological polar surface area (TPSA) is 41.5 Å². The molecule has 0 aliphatic carbocycles. The van der Waals surface area contributed by atoms with E-state index in [9.17, 15) is 4.39 Å². The average Bonchev–Trinajstić information content (AvgIpc) is 2.48. The molecular weight excluding hydrogens is 257 g/mol. The fraction of sp³-hybridized carbons (Fsp3) is 0.250. The molecule has 0 radical (unpaired) electrons. The molecule has 0 aliphatic rings. The molecule has 3 nitrogen and oxygen atoms in total. The first-order chi connectivity index (χ1) is 9.60. The van der Waals surface area contributed by atoms with Crippen LogP contribution < -0.4 is 10.1 Å².